The van der Waals surface area contributed by atoms with Crippen LogP contribution in [0.15, 0.2) is 30.3 Å². The molecular weight excluding hydrogens is 262 g/mol. The van der Waals surface area contributed by atoms with E-state index in [9.17, 15) is 13.7 Å². The molecule has 0 aromatic heterocycles. The molecule has 0 amide bonds. The molecule has 1 aromatic carbocycles. The van der Waals surface area contributed by atoms with E-state index >= 15 is 0 Å². The Balaban J connectivity index is 2.07. The third-order valence-corrected chi connectivity index (χ3v) is 4.65. The summed E-state index contributed by atoms with van der Waals surface area (Å²) < 4.78 is 24.4. The minimum absolute atomic E-state index is 0.303. The van der Waals surface area contributed by atoms with Gasteiger partial charge in [-0.15, -0.1) is 0 Å². The van der Waals surface area contributed by atoms with Gasteiger partial charge in [0.15, 0.2) is 0 Å². The molecule has 0 radical (unpaired) electrons. The van der Waals surface area contributed by atoms with Gasteiger partial charge in [-0.1, -0.05) is 30.3 Å². The van der Waals surface area contributed by atoms with E-state index in [1.165, 1.54) is 10.6 Å². The molecule has 1 heterocycles. The number of nitriles is 1. The van der Waals surface area contributed by atoms with Crippen molar-refractivity contribution in [3.05, 3.63) is 35.9 Å². The standard InChI is InChI=1S/C13H17N3O2S/c1-19(17,18)16-9-7-15(8-10-16)13(11-14)12-5-3-2-4-6-12/h2-6,13H,7-10H2,1H3. The molecule has 6 heteroatoms. The topological polar surface area (TPSA) is 64.4 Å². The van der Waals surface area contributed by atoms with E-state index in [1.807, 2.05) is 35.2 Å². The second kappa shape index (κ2) is 5.70. The number of sulfonamides is 1. The highest BCUT2D eigenvalue weighted by Crippen LogP contribution is 2.21. The van der Waals surface area contributed by atoms with Gasteiger partial charge in [0, 0.05) is 26.2 Å². The Kier molecular flexibility index (Phi) is 4.20. The molecule has 1 aliphatic heterocycles. The zero-order valence-electron chi connectivity index (χ0n) is 10.9. The molecule has 0 saturated carbocycles. The average molecular weight is 279 g/mol. The number of piperazine rings is 1. The van der Waals surface area contributed by atoms with Gasteiger partial charge in [-0.05, 0) is 5.56 Å². The molecule has 102 valence electrons. The summed E-state index contributed by atoms with van der Waals surface area (Å²) >= 11 is 0. The summed E-state index contributed by atoms with van der Waals surface area (Å²) in [6.45, 7) is 2.06. The zero-order chi connectivity index (χ0) is 13.9. The maximum Gasteiger partial charge on any atom is 0.211 e. The Morgan fingerprint density at radius 2 is 1.74 bits per heavy atom. The maximum absolute atomic E-state index is 11.4. The number of hydrogen-bond donors (Lipinski definition) is 0. The lowest BCUT2D eigenvalue weighted by Crippen LogP contribution is -2.49. The summed E-state index contributed by atoms with van der Waals surface area (Å²) in [4.78, 5) is 2.02. The van der Waals surface area contributed by atoms with Crippen LogP contribution in [0.25, 0.3) is 0 Å². The van der Waals surface area contributed by atoms with E-state index in [4.69, 9.17) is 0 Å². The first-order valence-corrected chi connectivity index (χ1v) is 8.01. The normalized spacial score (nSPS) is 19.8. The summed E-state index contributed by atoms with van der Waals surface area (Å²) in [6, 6.07) is 11.6. The van der Waals surface area contributed by atoms with Crippen molar-refractivity contribution in [3.8, 4) is 6.07 Å². The van der Waals surface area contributed by atoms with Crippen molar-refractivity contribution in [1.82, 2.24) is 9.21 Å². The predicted octanol–water partition coefficient (Wildman–Crippen LogP) is 0.828. The first kappa shape index (κ1) is 14.0. The number of hydrogen-bond acceptors (Lipinski definition) is 4. The van der Waals surface area contributed by atoms with Gasteiger partial charge in [-0.25, -0.2) is 8.42 Å². The van der Waals surface area contributed by atoms with Crippen LogP contribution >= 0.6 is 0 Å². The lowest BCUT2D eigenvalue weighted by atomic mass is 10.1. The third kappa shape index (κ3) is 3.32. The number of rotatable bonds is 3. The lowest BCUT2D eigenvalue weighted by Gasteiger charge is -2.35. The van der Waals surface area contributed by atoms with Crippen molar-refractivity contribution in [1.29, 1.82) is 5.26 Å². The lowest BCUT2D eigenvalue weighted by molar-refractivity contribution is 0.163. The van der Waals surface area contributed by atoms with Gasteiger partial charge in [-0.2, -0.15) is 9.57 Å². The SMILES string of the molecule is CS(=O)(=O)N1CCN(C(C#N)c2ccccc2)CC1. The van der Waals surface area contributed by atoms with Crippen LogP contribution in [0.2, 0.25) is 0 Å². The van der Waals surface area contributed by atoms with E-state index in [0.717, 1.165) is 5.56 Å². The molecule has 0 N–H and O–H groups in total. The Labute approximate surface area is 114 Å². The summed E-state index contributed by atoms with van der Waals surface area (Å²) in [6.07, 6.45) is 1.22. The van der Waals surface area contributed by atoms with Gasteiger partial charge < -0.3 is 0 Å². The maximum atomic E-state index is 11.4. The van der Waals surface area contributed by atoms with E-state index in [2.05, 4.69) is 6.07 Å². The van der Waals surface area contributed by atoms with Crippen LogP contribution in [-0.4, -0.2) is 50.1 Å². The first-order chi connectivity index (χ1) is 9.02. The molecule has 0 bridgehead atoms. The van der Waals surface area contributed by atoms with E-state index < -0.39 is 10.0 Å². The number of benzene rings is 1. The van der Waals surface area contributed by atoms with Crippen LogP contribution in [0.3, 0.4) is 0 Å². The summed E-state index contributed by atoms with van der Waals surface area (Å²) in [5, 5.41) is 9.33. The second-order valence-electron chi connectivity index (χ2n) is 4.64. The third-order valence-electron chi connectivity index (χ3n) is 3.34. The molecule has 1 atom stereocenters. The molecule has 1 aliphatic rings. The molecule has 0 aliphatic carbocycles. The summed E-state index contributed by atoms with van der Waals surface area (Å²) in [7, 11) is -3.12. The van der Waals surface area contributed by atoms with Crippen molar-refractivity contribution in [3.63, 3.8) is 0 Å². The van der Waals surface area contributed by atoms with Crippen molar-refractivity contribution < 1.29 is 8.42 Å². The highest BCUT2D eigenvalue weighted by Gasteiger charge is 2.28. The fourth-order valence-corrected chi connectivity index (χ4v) is 3.12. The minimum atomic E-state index is -3.12. The van der Waals surface area contributed by atoms with Crippen LogP contribution in [-0.2, 0) is 10.0 Å². The van der Waals surface area contributed by atoms with Gasteiger partial charge in [0.1, 0.15) is 6.04 Å². The van der Waals surface area contributed by atoms with Crippen LogP contribution < -0.4 is 0 Å². The quantitative estimate of drug-likeness (QED) is 0.822. The molecule has 0 spiro atoms. The number of nitrogens with zero attached hydrogens (tertiary/aromatic N) is 3. The van der Waals surface area contributed by atoms with Gasteiger partial charge in [-0.3, -0.25) is 4.90 Å². The van der Waals surface area contributed by atoms with Crippen LogP contribution in [0.4, 0.5) is 0 Å². The Morgan fingerprint density at radius 3 is 2.21 bits per heavy atom. The molecule has 1 saturated heterocycles. The van der Waals surface area contributed by atoms with E-state index in [1.54, 1.807) is 0 Å². The average Bonchev–Trinajstić information content (AvgIpc) is 2.40. The smallest absolute Gasteiger partial charge is 0.211 e. The van der Waals surface area contributed by atoms with Gasteiger partial charge in [0.05, 0.1) is 12.3 Å². The van der Waals surface area contributed by atoms with Gasteiger partial charge in [0.2, 0.25) is 10.0 Å². The second-order valence-corrected chi connectivity index (χ2v) is 6.62. The van der Waals surface area contributed by atoms with Crippen molar-refractivity contribution >= 4 is 10.0 Å². The van der Waals surface area contributed by atoms with Gasteiger partial charge in [0.25, 0.3) is 0 Å². The fraction of sp³-hybridized carbons (Fsp3) is 0.462. The van der Waals surface area contributed by atoms with Crippen molar-refractivity contribution in [2.45, 2.75) is 6.04 Å². The van der Waals surface area contributed by atoms with Gasteiger partial charge >= 0.3 is 0 Å². The molecule has 1 unspecified atom stereocenters. The van der Waals surface area contributed by atoms with Crippen LogP contribution in [0, 0.1) is 11.3 Å². The van der Waals surface area contributed by atoms with E-state index in [0.29, 0.717) is 26.2 Å². The molecule has 19 heavy (non-hydrogen) atoms. The van der Waals surface area contributed by atoms with E-state index in [-0.39, 0.29) is 6.04 Å². The Morgan fingerprint density at radius 1 is 1.16 bits per heavy atom. The Bertz CT molecular complexity index is 557. The zero-order valence-corrected chi connectivity index (χ0v) is 11.7. The summed E-state index contributed by atoms with van der Waals surface area (Å²) in [5.41, 5.74) is 0.956. The monoisotopic (exact) mass is 279 g/mol. The first-order valence-electron chi connectivity index (χ1n) is 6.16. The largest absolute Gasteiger partial charge is 0.282 e. The fourth-order valence-electron chi connectivity index (χ4n) is 2.30. The van der Waals surface area contributed by atoms with Crippen LogP contribution in [0.1, 0.15) is 11.6 Å². The highest BCUT2D eigenvalue weighted by molar-refractivity contribution is 7.88. The minimum Gasteiger partial charge on any atom is -0.282 e. The van der Waals surface area contributed by atoms with Crippen molar-refractivity contribution in [2.75, 3.05) is 32.4 Å². The highest BCUT2D eigenvalue weighted by atomic mass is 32.2. The summed E-state index contributed by atoms with van der Waals surface area (Å²) in [5.74, 6) is 0. The molecule has 1 aromatic rings. The molecule has 2 rings (SSSR count). The molecular formula is C13H17N3O2S. The van der Waals surface area contributed by atoms with Crippen LogP contribution in [0.5, 0.6) is 0 Å². The van der Waals surface area contributed by atoms with Crippen molar-refractivity contribution in [2.24, 2.45) is 0 Å². The predicted molar refractivity (Wildman–Crippen MR) is 72.8 cm³/mol. The molecule has 5 nitrogen and oxygen atoms in total. The molecule has 1 fully saturated rings. The Hall–Kier alpha value is -1.42.